The number of aryl methyl sites for hydroxylation is 3. The zero-order chi connectivity index (χ0) is 17.4. The first-order chi connectivity index (χ1) is 10.6. The van der Waals surface area contributed by atoms with E-state index in [2.05, 4.69) is 15.4 Å². The molecule has 2 aromatic heterocycles. The fourth-order valence-electron chi connectivity index (χ4n) is 2.44. The van der Waals surface area contributed by atoms with Crippen LogP contribution in [0.5, 0.6) is 0 Å². The minimum atomic E-state index is -4.63. The Balaban J connectivity index is 2.42. The van der Waals surface area contributed by atoms with E-state index in [9.17, 15) is 18.0 Å². The molecule has 1 N–H and O–H groups in total. The van der Waals surface area contributed by atoms with Gasteiger partial charge >= 0.3 is 6.18 Å². The van der Waals surface area contributed by atoms with Crippen LogP contribution in [0.4, 0.5) is 13.2 Å². The van der Waals surface area contributed by atoms with Crippen molar-refractivity contribution >= 4 is 5.91 Å². The number of halogens is 3. The number of hydrogen-bond acceptors (Lipinski definition) is 3. The standard InChI is InChI=1S/C15H17F3N4O/c1-8-5-6-19-7-11(8)14(23)20-13(15(16,17)18)12-9(2)21-22(4)10(12)3/h5-7,13H,1-4H3,(H,20,23). The molecule has 1 amide bonds. The van der Waals surface area contributed by atoms with Crippen molar-refractivity contribution in [3.05, 3.63) is 46.5 Å². The number of amides is 1. The number of rotatable bonds is 3. The van der Waals surface area contributed by atoms with E-state index in [-0.39, 0.29) is 16.8 Å². The summed E-state index contributed by atoms with van der Waals surface area (Å²) in [4.78, 5) is 16.0. The van der Waals surface area contributed by atoms with Crippen molar-refractivity contribution in [3.63, 3.8) is 0 Å². The Kier molecular flexibility index (Phi) is 4.44. The van der Waals surface area contributed by atoms with E-state index in [1.807, 2.05) is 0 Å². The number of nitrogens with zero attached hydrogens (tertiary/aromatic N) is 3. The molecule has 0 aliphatic carbocycles. The van der Waals surface area contributed by atoms with Crippen molar-refractivity contribution in [2.75, 3.05) is 0 Å². The van der Waals surface area contributed by atoms with Gasteiger partial charge in [0.25, 0.3) is 5.91 Å². The Hall–Kier alpha value is -2.38. The van der Waals surface area contributed by atoms with Gasteiger partial charge in [0.05, 0.1) is 11.3 Å². The largest absolute Gasteiger partial charge is 0.413 e. The van der Waals surface area contributed by atoms with E-state index in [0.717, 1.165) is 0 Å². The number of alkyl halides is 3. The molecule has 0 aliphatic rings. The molecule has 8 heteroatoms. The molecule has 0 saturated carbocycles. The Bertz CT molecular complexity index is 737. The van der Waals surface area contributed by atoms with Gasteiger partial charge in [-0.2, -0.15) is 18.3 Å². The zero-order valence-electron chi connectivity index (χ0n) is 13.2. The molecule has 2 rings (SSSR count). The minimum absolute atomic E-state index is 0.0325. The number of hydrogen-bond donors (Lipinski definition) is 1. The highest BCUT2D eigenvalue weighted by Crippen LogP contribution is 2.36. The van der Waals surface area contributed by atoms with Crippen LogP contribution in [0.3, 0.4) is 0 Å². The van der Waals surface area contributed by atoms with E-state index in [1.54, 1.807) is 20.0 Å². The SMILES string of the molecule is Cc1ccncc1C(=O)NC(c1c(C)nn(C)c1C)C(F)(F)F. The second kappa shape index (κ2) is 6.02. The van der Waals surface area contributed by atoms with Gasteiger partial charge in [0.1, 0.15) is 0 Å². The summed E-state index contributed by atoms with van der Waals surface area (Å²) in [6.07, 6.45) is -1.91. The van der Waals surface area contributed by atoms with Crippen LogP contribution in [0.25, 0.3) is 0 Å². The molecule has 0 radical (unpaired) electrons. The molecule has 2 heterocycles. The van der Waals surface area contributed by atoms with Crippen molar-refractivity contribution in [1.82, 2.24) is 20.1 Å². The highest BCUT2D eigenvalue weighted by molar-refractivity contribution is 5.95. The van der Waals surface area contributed by atoms with Crippen LogP contribution >= 0.6 is 0 Å². The van der Waals surface area contributed by atoms with Crippen molar-refractivity contribution in [1.29, 1.82) is 0 Å². The van der Waals surface area contributed by atoms with Gasteiger partial charge in [-0.15, -0.1) is 0 Å². The predicted molar refractivity (Wildman–Crippen MR) is 77.9 cm³/mol. The van der Waals surface area contributed by atoms with Crippen LogP contribution in [0, 0.1) is 20.8 Å². The van der Waals surface area contributed by atoms with E-state index >= 15 is 0 Å². The van der Waals surface area contributed by atoms with Gasteiger partial charge < -0.3 is 5.32 Å². The Morgan fingerprint density at radius 1 is 1.30 bits per heavy atom. The average Bonchev–Trinajstić information content (AvgIpc) is 2.69. The molecule has 2 aromatic rings. The zero-order valence-corrected chi connectivity index (χ0v) is 13.2. The fraction of sp³-hybridized carbons (Fsp3) is 0.400. The van der Waals surface area contributed by atoms with E-state index < -0.39 is 18.1 Å². The number of nitrogens with one attached hydrogen (secondary N) is 1. The molecule has 0 fully saturated rings. The van der Waals surface area contributed by atoms with Gasteiger partial charge in [-0.25, -0.2) is 0 Å². The summed E-state index contributed by atoms with van der Waals surface area (Å²) in [5, 5.41) is 6.06. The Morgan fingerprint density at radius 2 is 1.96 bits per heavy atom. The van der Waals surface area contributed by atoms with Crippen LogP contribution in [0.2, 0.25) is 0 Å². The topological polar surface area (TPSA) is 59.8 Å². The molecule has 23 heavy (non-hydrogen) atoms. The van der Waals surface area contributed by atoms with Gasteiger partial charge in [0.15, 0.2) is 6.04 Å². The number of carbonyl (C=O) groups excluding carboxylic acids is 1. The third-order valence-corrected chi connectivity index (χ3v) is 3.74. The predicted octanol–water partition coefficient (Wildman–Crippen LogP) is 2.77. The lowest BCUT2D eigenvalue weighted by Gasteiger charge is -2.22. The van der Waals surface area contributed by atoms with Crippen molar-refractivity contribution in [2.45, 2.75) is 33.0 Å². The van der Waals surface area contributed by atoms with Crippen LogP contribution < -0.4 is 5.32 Å². The molecule has 124 valence electrons. The van der Waals surface area contributed by atoms with Gasteiger partial charge in [-0.3, -0.25) is 14.5 Å². The fourth-order valence-corrected chi connectivity index (χ4v) is 2.44. The van der Waals surface area contributed by atoms with Crippen LogP contribution in [-0.4, -0.2) is 26.8 Å². The molecular weight excluding hydrogens is 309 g/mol. The number of carbonyl (C=O) groups is 1. The summed E-state index contributed by atoms with van der Waals surface area (Å²) in [7, 11) is 1.56. The molecular formula is C15H17F3N4O. The summed E-state index contributed by atoms with van der Waals surface area (Å²) in [5.41, 5.74) is 1.22. The third kappa shape index (κ3) is 3.35. The highest BCUT2D eigenvalue weighted by Gasteiger charge is 2.44. The molecule has 1 atom stereocenters. The first-order valence-electron chi connectivity index (χ1n) is 6.91. The minimum Gasteiger partial charge on any atom is -0.337 e. The number of pyridine rings is 1. The second-order valence-electron chi connectivity index (χ2n) is 5.35. The first kappa shape index (κ1) is 17.0. The summed E-state index contributed by atoms with van der Waals surface area (Å²) >= 11 is 0. The third-order valence-electron chi connectivity index (χ3n) is 3.74. The van der Waals surface area contributed by atoms with Gasteiger partial charge in [0, 0.05) is 30.7 Å². The molecule has 0 spiro atoms. The Morgan fingerprint density at radius 3 is 2.43 bits per heavy atom. The quantitative estimate of drug-likeness (QED) is 0.943. The molecule has 0 aliphatic heterocycles. The van der Waals surface area contributed by atoms with Crippen LogP contribution in [0.15, 0.2) is 18.5 Å². The summed E-state index contributed by atoms with van der Waals surface area (Å²) in [5.74, 6) is -0.819. The van der Waals surface area contributed by atoms with E-state index in [4.69, 9.17) is 0 Å². The molecule has 1 unspecified atom stereocenters. The maximum Gasteiger partial charge on any atom is 0.413 e. The first-order valence-corrected chi connectivity index (χ1v) is 6.91. The normalized spacial score (nSPS) is 13.0. The number of aromatic nitrogens is 3. The molecule has 5 nitrogen and oxygen atoms in total. The van der Waals surface area contributed by atoms with E-state index in [1.165, 1.54) is 30.9 Å². The maximum absolute atomic E-state index is 13.5. The lowest BCUT2D eigenvalue weighted by atomic mass is 10.0. The maximum atomic E-state index is 13.5. The summed E-state index contributed by atoms with van der Waals surface area (Å²) in [6.45, 7) is 4.66. The molecule has 0 bridgehead atoms. The van der Waals surface area contributed by atoms with Crippen LogP contribution in [-0.2, 0) is 7.05 Å². The average molecular weight is 326 g/mol. The van der Waals surface area contributed by atoms with Gasteiger partial charge in [0.2, 0.25) is 0 Å². The van der Waals surface area contributed by atoms with E-state index in [0.29, 0.717) is 11.3 Å². The Labute approximate surface area is 131 Å². The summed E-state index contributed by atoms with van der Waals surface area (Å²) in [6, 6.07) is -0.554. The smallest absolute Gasteiger partial charge is 0.337 e. The summed E-state index contributed by atoms with van der Waals surface area (Å²) < 4.78 is 41.8. The second-order valence-corrected chi connectivity index (χ2v) is 5.35. The van der Waals surface area contributed by atoms with Crippen molar-refractivity contribution in [2.24, 2.45) is 7.05 Å². The van der Waals surface area contributed by atoms with Crippen molar-refractivity contribution < 1.29 is 18.0 Å². The van der Waals surface area contributed by atoms with Crippen molar-refractivity contribution in [3.8, 4) is 0 Å². The lowest BCUT2D eigenvalue weighted by molar-refractivity contribution is -0.155. The molecule has 0 aromatic carbocycles. The lowest BCUT2D eigenvalue weighted by Crippen LogP contribution is -2.39. The molecule has 0 saturated heterocycles. The van der Waals surface area contributed by atoms with Crippen LogP contribution in [0.1, 0.15) is 38.9 Å². The monoisotopic (exact) mass is 326 g/mol. The highest BCUT2D eigenvalue weighted by atomic mass is 19.4. The van der Waals surface area contributed by atoms with Gasteiger partial charge in [-0.05, 0) is 32.4 Å². The van der Waals surface area contributed by atoms with Gasteiger partial charge in [-0.1, -0.05) is 0 Å².